The van der Waals surface area contributed by atoms with Gasteiger partial charge in [0.1, 0.15) is 4.88 Å². The first-order valence-electron chi connectivity index (χ1n) is 8.00. The van der Waals surface area contributed by atoms with Crippen LogP contribution in [-0.2, 0) is 11.3 Å². The molecular formula is C19H13BrN4O2S. The quantitative estimate of drug-likeness (QED) is 0.631. The van der Waals surface area contributed by atoms with Crippen molar-refractivity contribution in [1.29, 1.82) is 0 Å². The molecule has 3 heterocycles. The number of nitrogens with zero attached hydrogens (tertiary/aromatic N) is 4. The second kappa shape index (κ2) is 7.05. The lowest BCUT2D eigenvalue weighted by molar-refractivity contribution is -0.112. The minimum Gasteiger partial charge on any atom is -0.493 e. The van der Waals surface area contributed by atoms with E-state index < -0.39 is 0 Å². The zero-order valence-corrected chi connectivity index (χ0v) is 16.4. The Morgan fingerprint density at radius 2 is 2.22 bits per heavy atom. The lowest BCUT2D eigenvalue weighted by Crippen LogP contribution is -2.22. The third kappa shape index (κ3) is 3.17. The highest BCUT2D eigenvalue weighted by atomic mass is 79.9. The van der Waals surface area contributed by atoms with Crippen LogP contribution in [0, 0.1) is 0 Å². The molecule has 27 heavy (non-hydrogen) atoms. The van der Waals surface area contributed by atoms with Gasteiger partial charge in [-0.05, 0) is 30.3 Å². The molecule has 0 aliphatic carbocycles. The number of pyridine rings is 1. The van der Waals surface area contributed by atoms with Gasteiger partial charge in [-0.1, -0.05) is 33.3 Å². The van der Waals surface area contributed by atoms with Crippen molar-refractivity contribution < 1.29 is 9.90 Å². The van der Waals surface area contributed by atoms with Gasteiger partial charge in [-0.3, -0.25) is 14.3 Å². The minimum atomic E-state index is -0.377. The van der Waals surface area contributed by atoms with E-state index >= 15 is 0 Å². The SMILES string of the molecule is C=CCn1c(O)c(C2=c3cc(Br)ccc3=NC2=O)sc1=Nc1cccnc1. The van der Waals surface area contributed by atoms with Crippen LogP contribution in [-0.4, -0.2) is 20.6 Å². The van der Waals surface area contributed by atoms with Crippen molar-refractivity contribution in [2.75, 3.05) is 0 Å². The maximum Gasteiger partial charge on any atom is 0.279 e. The van der Waals surface area contributed by atoms with Crippen LogP contribution in [0.1, 0.15) is 4.88 Å². The molecule has 1 amide bonds. The van der Waals surface area contributed by atoms with Crippen molar-refractivity contribution in [2.45, 2.75) is 6.54 Å². The number of carbonyl (C=O) groups excluding carboxylic acids is 1. The Hall–Kier alpha value is -2.84. The van der Waals surface area contributed by atoms with Gasteiger partial charge in [0.25, 0.3) is 5.91 Å². The van der Waals surface area contributed by atoms with Crippen LogP contribution in [0.25, 0.3) is 5.57 Å². The number of rotatable bonds is 4. The van der Waals surface area contributed by atoms with Crippen molar-refractivity contribution in [2.24, 2.45) is 9.98 Å². The minimum absolute atomic E-state index is 0.0334. The molecule has 4 rings (SSSR count). The number of aromatic nitrogens is 2. The highest BCUT2D eigenvalue weighted by molar-refractivity contribution is 9.10. The number of hydrogen-bond donors (Lipinski definition) is 1. The monoisotopic (exact) mass is 440 g/mol. The van der Waals surface area contributed by atoms with Crippen molar-refractivity contribution in [1.82, 2.24) is 9.55 Å². The third-order valence-electron chi connectivity index (χ3n) is 3.96. The number of allylic oxidation sites excluding steroid dienone is 1. The molecule has 1 aromatic carbocycles. The Kier molecular flexibility index (Phi) is 4.59. The van der Waals surface area contributed by atoms with Gasteiger partial charge in [0.15, 0.2) is 4.80 Å². The standard InChI is InChI=1S/C19H13BrN4O2S/c1-2-8-24-18(26)16(27-19(24)22-12-4-3-7-21-10-12)15-13-9-11(20)5-6-14(13)23-17(15)25/h2-7,9-10,26H,1,8H2. The lowest BCUT2D eigenvalue weighted by atomic mass is 10.1. The van der Waals surface area contributed by atoms with Gasteiger partial charge in [-0.15, -0.1) is 6.58 Å². The first-order valence-corrected chi connectivity index (χ1v) is 9.61. The van der Waals surface area contributed by atoms with E-state index in [4.69, 9.17) is 0 Å². The highest BCUT2D eigenvalue weighted by Gasteiger charge is 2.25. The maximum absolute atomic E-state index is 12.5. The summed E-state index contributed by atoms with van der Waals surface area (Å²) in [6, 6.07) is 9.03. The first kappa shape index (κ1) is 17.6. The molecule has 0 fully saturated rings. The summed E-state index contributed by atoms with van der Waals surface area (Å²) in [6.45, 7) is 4.09. The zero-order chi connectivity index (χ0) is 19.0. The van der Waals surface area contributed by atoms with Crippen molar-refractivity contribution >= 4 is 44.4 Å². The van der Waals surface area contributed by atoms with Gasteiger partial charge in [0.05, 0.1) is 22.8 Å². The molecule has 134 valence electrons. The average Bonchev–Trinajstić information content (AvgIpc) is 3.13. The fourth-order valence-corrected chi connectivity index (χ4v) is 4.25. The van der Waals surface area contributed by atoms with Crippen LogP contribution >= 0.6 is 27.3 Å². The van der Waals surface area contributed by atoms with Crippen LogP contribution in [0.4, 0.5) is 5.69 Å². The van der Waals surface area contributed by atoms with E-state index in [9.17, 15) is 9.90 Å². The predicted octanol–water partition coefficient (Wildman–Crippen LogP) is 2.19. The van der Waals surface area contributed by atoms with E-state index in [0.717, 1.165) is 4.47 Å². The molecule has 0 bridgehead atoms. The van der Waals surface area contributed by atoms with Gasteiger partial charge < -0.3 is 5.11 Å². The number of carbonyl (C=O) groups is 1. The molecule has 0 saturated heterocycles. The molecule has 1 N–H and O–H groups in total. The summed E-state index contributed by atoms with van der Waals surface area (Å²) in [6.07, 6.45) is 4.95. The topological polar surface area (TPSA) is 79.8 Å². The molecule has 3 aromatic rings. The average molecular weight is 441 g/mol. The summed E-state index contributed by atoms with van der Waals surface area (Å²) in [5.74, 6) is -0.410. The third-order valence-corrected chi connectivity index (χ3v) is 5.53. The molecule has 1 aliphatic rings. The summed E-state index contributed by atoms with van der Waals surface area (Å²) in [4.78, 5) is 26.2. The van der Waals surface area contributed by atoms with E-state index in [-0.39, 0.29) is 11.8 Å². The van der Waals surface area contributed by atoms with E-state index in [0.29, 0.717) is 38.1 Å². The van der Waals surface area contributed by atoms with Gasteiger partial charge >= 0.3 is 0 Å². The molecule has 6 nitrogen and oxygen atoms in total. The first-order chi connectivity index (χ1) is 13.1. The van der Waals surface area contributed by atoms with Crippen molar-refractivity contribution in [3.05, 3.63) is 80.1 Å². The van der Waals surface area contributed by atoms with E-state index in [1.54, 1.807) is 35.2 Å². The smallest absolute Gasteiger partial charge is 0.279 e. The number of benzene rings is 1. The number of hydrogen-bond acceptors (Lipinski definition) is 5. The Morgan fingerprint density at radius 3 is 2.96 bits per heavy atom. The molecule has 0 saturated carbocycles. The number of fused-ring (bicyclic) bond motifs is 1. The molecular weight excluding hydrogens is 428 g/mol. The second-order valence-electron chi connectivity index (χ2n) is 5.71. The maximum atomic E-state index is 12.5. The van der Waals surface area contributed by atoms with Crippen LogP contribution in [0.2, 0.25) is 0 Å². The van der Waals surface area contributed by atoms with E-state index in [1.165, 1.54) is 11.3 Å². The van der Waals surface area contributed by atoms with E-state index in [1.807, 2.05) is 18.2 Å². The molecule has 1 aliphatic heterocycles. The molecule has 2 aromatic heterocycles. The molecule has 8 heteroatoms. The largest absolute Gasteiger partial charge is 0.493 e. The summed E-state index contributed by atoms with van der Waals surface area (Å²) in [7, 11) is 0. The van der Waals surface area contributed by atoms with Crippen LogP contribution < -0.4 is 15.4 Å². The van der Waals surface area contributed by atoms with Gasteiger partial charge in [-0.25, -0.2) is 9.98 Å². The summed E-state index contributed by atoms with van der Waals surface area (Å²) in [5.41, 5.74) is 1.03. The number of amides is 1. The Balaban J connectivity index is 2.01. The molecule has 0 atom stereocenters. The number of halogens is 1. The Labute approximate surface area is 166 Å². The lowest BCUT2D eigenvalue weighted by Gasteiger charge is -2.02. The number of aromatic hydroxyl groups is 1. The zero-order valence-electron chi connectivity index (χ0n) is 14.0. The Bertz CT molecular complexity index is 1260. The summed E-state index contributed by atoms with van der Waals surface area (Å²) in [5, 5.41) is 12.1. The van der Waals surface area contributed by atoms with Crippen LogP contribution in [0.5, 0.6) is 5.88 Å². The summed E-state index contributed by atoms with van der Waals surface area (Å²) < 4.78 is 2.44. The Morgan fingerprint density at radius 1 is 1.37 bits per heavy atom. The highest BCUT2D eigenvalue weighted by Crippen LogP contribution is 2.29. The van der Waals surface area contributed by atoms with Crippen molar-refractivity contribution in [3.63, 3.8) is 0 Å². The van der Waals surface area contributed by atoms with Gasteiger partial charge in [-0.2, -0.15) is 0 Å². The molecule has 0 radical (unpaired) electrons. The van der Waals surface area contributed by atoms with Crippen molar-refractivity contribution in [3.8, 4) is 5.88 Å². The van der Waals surface area contributed by atoms with Crippen LogP contribution in [0.3, 0.4) is 0 Å². The predicted molar refractivity (Wildman–Crippen MR) is 106 cm³/mol. The van der Waals surface area contributed by atoms with Gasteiger partial charge in [0.2, 0.25) is 5.88 Å². The van der Waals surface area contributed by atoms with Crippen LogP contribution in [0.15, 0.2) is 69.8 Å². The second-order valence-corrected chi connectivity index (χ2v) is 7.61. The van der Waals surface area contributed by atoms with E-state index in [2.05, 4.69) is 37.5 Å². The fraction of sp³-hybridized carbons (Fsp3) is 0.0526. The molecule has 0 spiro atoms. The van der Waals surface area contributed by atoms with Gasteiger partial charge in [0, 0.05) is 22.4 Å². The summed E-state index contributed by atoms with van der Waals surface area (Å²) >= 11 is 4.65. The fourth-order valence-electron chi connectivity index (χ4n) is 2.78. The molecule has 0 unspecified atom stereocenters. The number of thiazole rings is 1. The normalized spacial score (nSPS) is 13.6.